The molecule has 9 nitrogen and oxygen atoms in total. The van der Waals surface area contributed by atoms with Crippen LogP contribution in [0.2, 0.25) is 0 Å². The third-order valence-corrected chi connectivity index (χ3v) is 6.27. The lowest BCUT2D eigenvalue weighted by atomic mass is 9.93. The molecule has 2 N–H and O–H groups in total. The molecule has 0 amide bonds. The van der Waals surface area contributed by atoms with Gasteiger partial charge in [0, 0.05) is 56.0 Å². The molecule has 1 aliphatic heterocycles. The van der Waals surface area contributed by atoms with Crippen molar-refractivity contribution in [2.75, 3.05) is 43.6 Å². The highest BCUT2D eigenvalue weighted by atomic mass is 16.5. The fraction of sp³-hybridized carbons (Fsp3) is 0.500. The van der Waals surface area contributed by atoms with Gasteiger partial charge in [0.1, 0.15) is 11.3 Å². The molecular weight excluding hydrogens is 418 g/mol. The van der Waals surface area contributed by atoms with Crippen molar-refractivity contribution < 1.29 is 9.47 Å². The summed E-state index contributed by atoms with van der Waals surface area (Å²) < 4.78 is 12.0. The lowest BCUT2D eigenvalue weighted by Crippen LogP contribution is -2.36. The lowest BCUT2D eigenvalue weighted by molar-refractivity contribution is 0.122. The van der Waals surface area contributed by atoms with Crippen LogP contribution in [0, 0.1) is 0 Å². The molecule has 1 saturated heterocycles. The molecule has 1 aliphatic carbocycles. The minimum atomic E-state index is 0.157. The SMILES string of the molecule is CNCc1ccnc(NC2CCC(Oc3cc(N4CCOCC4)cc4nccnc34)CC2)n1. The Bertz CT molecular complexity index is 1070. The van der Waals surface area contributed by atoms with Gasteiger partial charge in [0.05, 0.1) is 30.5 Å². The number of rotatable bonds is 7. The van der Waals surface area contributed by atoms with Crippen molar-refractivity contribution in [3.8, 4) is 5.75 Å². The molecule has 33 heavy (non-hydrogen) atoms. The first-order valence-corrected chi connectivity index (χ1v) is 11.8. The molecule has 0 bridgehead atoms. The first-order chi connectivity index (χ1) is 16.3. The van der Waals surface area contributed by atoms with Crippen LogP contribution in [-0.4, -0.2) is 65.4 Å². The number of fused-ring (bicyclic) bond motifs is 1. The summed E-state index contributed by atoms with van der Waals surface area (Å²) >= 11 is 0. The van der Waals surface area contributed by atoms with E-state index < -0.39 is 0 Å². The molecule has 0 spiro atoms. The number of morpholine rings is 1. The summed E-state index contributed by atoms with van der Waals surface area (Å²) in [7, 11) is 1.92. The van der Waals surface area contributed by atoms with Crippen LogP contribution in [0.3, 0.4) is 0 Å². The molecule has 0 unspecified atom stereocenters. The zero-order chi connectivity index (χ0) is 22.5. The fourth-order valence-electron chi connectivity index (χ4n) is 4.55. The van der Waals surface area contributed by atoms with Crippen LogP contribution < -0.4 is 20.3 Å². The first kappa shape index (κ1) is 21.8. The third kappa shape index (κ3) is 5.31. The topological polar surface area (TPSA) is 97.3 Å². The summed E-state index contributed by atoms with van der Waals surface area (Å²) in [6.07, 6.45) is 9.39. The van der Waals surface area contributed by atoms with Crippen molar-refractivity contribution in [3.05, 3.63) is 42.5 Å². The summed E-state index contributed by atoms with van der Waals surface area (Å²) in [5.74, 6) is 1.52. The summed E-state index contributed by atoms with van der Waals surface area (Å²) in [6, 6.07) is 6.51. The second-order valence-corrected chi connectivity index (χ2v) is 8.61. The van der Waals surface area contributed by atoms with Crippen LogP contribution in [0.5, 0.6) is 5.75 Å². The standard InChI is InChI=1S/C24H31N7O2/c1-25-16-18-6-7-28-24(30-18)29-17-2-4-20(5-3-17)33-22-15-19(31-10-12-32-13-11-31)14-21-23(22)27-9-8-26-21/h6-9,14-15,17,20,25H,2-5,10-13,16H2,1H3,(H,28,29,30). The van der Waals surface area contributed by atoms with Crippen LogP contribution in [0.4, 0.5) is 11.6 Å². The van der Waals surface area contributed by atoms with Gasteiger partial charge in [-0.25, -0.2) is 15.0 Å². The van der Waals surface area contributed by atoms with Crippen molar-refractivity contribution in [1.82, 2.24) is 25.3 Å². The molecule has 5 rings (SSSR count). The molecule has 0 atom stereocenters. The van der Waals surface area contributed by atoms with Crippen molar-refractivity contribution >= 4 is 22.7 Å². The molecule has 2 aromatic heterocycles. The fourth-order valence-corrected chi connectivity index (χ4v) is 4.55. The molecular formula is C24H31N7O2. The van der Waals surface area contributed by atoms with Gasteiger partial charge in [-0.05, 0) is 44.9 Å². The molecule has 2 fully saturated rings. The third-order valence-electron chi connectivity index (χ3n) is 6.27. The van der Waals surface area contributed by atoms with Crippen LogP contribution in [0.15, 0.2) is 36.8 Å². The number of nitrogens with zero attached hydrogens (tertiary/aromatic N) is 5. The highest BCUT2D eigenvalue weighted by Gasteiger charge is 2.24. The molecule has 0 radical (unpaired) electrons. The molecule has 3 heterocycles. The van der Waals surface area contributed by atoms with E-state index >= 15 is 0 Å². The van der Waals surface area contributed by atoms with Crippen molar-refractivity contribution in [1.29, 1.82) is 0 Å². The van der Waals surface area contributed by atoms with Crippen LogP contribution >= 0.6 is 0 Å². The van der Waals surface area contributed by atoms with Gasteiger partial charge in [0.25, 0.3) is 0 Å². The van der Waals surface area contributed by atoms with Gasteiger partial charge >= 0.3 is 0 Å². The molecule has 9 heteroatoms. The Morgan fingerprint density at radius 3 is 2.67 bits per heavy atom. The minimum absolute atomic E-state index is 0.157. The van der Waals surface area contributed by atoms with Gasteiger partial charge in [-0.3, -0.25) is 4.98 Å². The maximum absolute atomic E-state index is 6.52. The Hall–Kier alpha value is -3.04. The number of hydrogen-bond acceptors (Lipinski definition) is 9. The van der Waals surface area contributed by atoms with E-state index in [1.807, 2.05) is 19.3 Å². The van der Waals surface area contributed by atoms with Crippen LogP contribution in [0.1, 0.15) is 31.4 Å². The molecule has 1 aromatic carbocycles. The average molecular weight is 450 g/mol. The Balaban J connectivity index is 1.25. The number of nitrogens with one attached hydrogen (secondary N) is 2. The Morgan fingerprint density at radius 2 is 1.85 bits per heavy atom. The number of anilines is 2. The van der Waals surface area contributed by atoms with E-state index in [0.29, 0.717) is 12.0 Å². The minimum Gasteiger partial charge on any atom is -0.488 e. The molecule has 2 aliphatic rings. The predicted molar refractivity (Wildman–Crippen MR) is 128 cm³/mol. The highest BCUT2D eigenvalue weighted by Crippen LogP contribution is 2.33. The summed E-state index contributed by atoms with van der Waals surface area (Å²) in [6.45, 7) is 3.97. The Labute approximate surface area is 194 Å². The average Bonchev–Trinajstić information content (AvgIpc) is 2.86. The van der Waals surface area contributed by atoms with E-state index in [2.05, 4.69) is 47.6 Å². The quantitative estimate of drug-likeness (QED) is 0.564. The zero-order valence-electron chi connectivity index (χ0n) is 19.0. The number of ether oxygens (including phenoxy) is 2. The van der Waals surface area contributed by atoms with E-state index in [1.165, 1.54) is 0 Å². The summed E-state index contributed by atoms with van der Waals surface area (Å²) in [5.41, 5.74) is 3.80. The highest BCUT2D eigenvalue weighted by molar-refractivity contribution is 5.85. The second-order valence-electron chi connectivity index (χ2n) is 8.61. The molecule has 174 valence electrons. The maximum atomic E-state index is 6.52. The largest absolute Gasteiger partial charge is 0.488 e. The van der Waals surface area contributed by atoms with Crippen molar-refractivity contribution in [2.24, 2.45) is 0 Å². The van der Waals surface area contributed by atoms with Crippen LogP contribution in [-0.2, 0) is 11.3 Å². The number of aromatic nitrogens is 4. The summed E-state index contributed by atoms with van der Waals surface area (Å²) in [4.78, 5) is 20.4. The lowest BCUT2D eigenvalue weighted by Gasteiger charge is -2.31. The smallest absolute Gasteiger partial charge is 0.223 e. The van der Waals surface area contributed by atoms with E-state index in [1.54, 1.807) is 12.4 Å². The van der Waals surface area contributed by atoms with Gasteiger partial charge in [-0.2, -0.15) is 0 Å². The van der Waals surface area contributed by atoms with E-state index in [4.69, 9.17) is 9.47 Å². The number of benzene rings is 1. The Morgan fingerprint density at radius 1 is 1.03 bits per heavy atom. The van der Waals surface area contributed by atoms with E-state index in [9.17, 15) is 0 Å². The molecule has 1 saturated carbocycles. The van der Waals surface area contributed by atoms with Gasteiger partial charge in [-0.1, -0.05) is 0 Å². The van der Waals surface area contributed by atoms with Crippen LogP contribution in [0.25, 0.3) is 11.0 Å². The normalized spacial score (nSPS) is 21.2. The first-order valence-electron chi connectivity index (χ1n) is 11.8. The monoisotopic (exact) mass is 449 g/mol. The molecule has 3 aromatic rings. The Kier molecular flexibility index (Phi) is 6.78. The zero-order valence-corrected chi connectivity index (χ0v) is 19.0. The van der Waals surface area contributed by atoms with Crippen molar-refractivity contribution in [3.63, 3.8) is 0 Å². The van der Waals surface area contributed by atoms with E-state index in [0.717, 1.165) is 86.7 Å². The summed E-state index contributed by atoms with van der Waals surface area (Å²) in [5, 5.41) is 6.63. The van der Waals surface area contributed by atoms with Gasteiger partial charge in [-0.15, -0.1) is 0 Å². The van der Waals surface area contributed by atoms with Gasteiger partial charge < -0.3 is 25.0 Å². The predicted octanol–water partition coefficient (Wildman–Crippen LogP) is 2.78. The van der Waals surface area contributed by atoms with E-state index in [-0.39, 0.29) is 6.10 Å². The second kappa shape index (κ2) is 10.3. The number of hydrogen-bond donors (Lipinski definition) is 2. The van der Waals surface area contributed by atoms with Gasteiger partial charge in [0.15, 0.2) is 0 Å². The van der Waals surface area contributed by atoms with Gasteiger partial charge in [0.2, 0.25) is 5.95 Å². The maximum Gasteiger partial charge on any atom is 0.223 e. The van der Waals surface area contributed by atoms with Crippen molar-refractivity contribution in [2.45, 2.75) is 44.4 Å².